The Morgan fingerprint density at radius 3 is 2.12 bits per heavy atom. The van der Waals surface area contributed by atoms with Crippen molar-refractivity contribution in [3.63, 3.8) is 0 Å². The molecule has 0 saturated heterocycles. The lowest BCUT2D eigenvalue weighted by Gasteiger charge is -2.32. The number of nitrogens with zero attached hydrogens (tertiary/aromatic N) is 2. The molecular weight excluding hydrogens is 509 g/mol. The molecule has 2 aromatic carbocycles. The van der Waals surface area contributed by atoms with Crippen LogP contribution in [0.1, 0.15) is 24.5 Å². The third kappa shape index (κ3) is 6.99. The Kier molecular flexibility index (Phi) is 9.43. The molecule has 1 N–H and O–H groups in total. The Hall–Kier alpha value is -2.00. The highest BCUT2D eigenvalue weighted by molar-refractivity contribution is 7.92. The van der Waals surface area contributed by atoms with Crippen LogP contribution in [0.3, 0.4) is 0 Å². The van der Waals surface area contributed by atoms with Gasteiger partial charge in [-0.25, -0.2) is 8.42 Å². The molecule has 33 heavy (non-hydrogen) atoms. The molecule has 0 aromatic heterocycles. The first-order valence-corrected chi connectivity index (χ1v) is 13.1. The Balaban J connectivity index is 2.49. The smallest absolute Gasteiger partial charge is 0.244 e. The van der Waals surface area contributed by atoms with Crippen molar-refractivity contribution in [1.82, 2.24) is 10.2 Å². The summed E-state index contributed by atoms with van der Waals surface area (Å²) in [6, 6.07) is 9.32. The number of carbonyl (C=O) groups excluding carboxylic acids is 2. The fraction of sp³-hybridized carbons (Fsp3) is 0.364. The number of hydrogen-bond donors (Lipinski definition) is 1. The van der Waals surface area contributed by atoms with Gasteiger partial charge >= 0.3 is 0 Å². The van der Waals surface area contributed by atoms with E-state index in [9.17, 15) is 18.0 Å². The monoisotopic (exact) mass is 533 g/mol. The van der Waals surface area contributed by atoms with E-state index in [1.54, 1.807) is 6.92 Å². The molecular formula is C22H26Cl3N3O4S. The fourth-order valence-electron chi connectivity index (χ4n) is 3.27. The van der Waals surface area contributed by atoms with Crippen molar-refractivity contribution in [1.29, 1.82) is 0 Å². The molecule has 2 aromatic rings. The Bertz CT molecular complexity index is 1120. The largest absolute Gasteiger partial charge is 0.357 e. The summed E-state index contributed by atoms with van der Waals surface area (Å²) >= 11 is 18.3. The molecule has 2 rings (SSSR count). The summed E-state index contributed by atoms with van der Waals surface area (Å²) in [7, 11) is -2.45. The highest BCUT2D eigenvalue weighted by Gasteiger charge is 2.32. The second-order valence-corrected chi connectivity index (χ2v) is 10.7. The average Bonchev–Trinajstić information content (AvgIpc) is 2.74. The van der Waals surface area contributed by atoms with Gasteiger partial charge in [-0.1, -0.05) is 71.6 Å². The van der Waals surface area contributed by atoms with Crippen molar-refractivity contribution in [3.05, 3.63) is 62.6 Å². The first-order chi connectivity index (χ1) is 15.4. The molecule has 0 aliphatic carbocycles. The van der Waals surface area contributed by atoms with Crippen LogP contribution in [-0.4, -0.2) is 51.0 Å². The minimum Gasteiger partial charge on any atom is -0.357 e. The number of sulfonamides is 1. The molecule has 7 nitrogen and oxygen atoms in total. The molecule has 0 aliphatic heterocycles. The maximum Gasteiger partial charge on any atom is 0.244 e. The van der Waals surface area contributed by atoms with E-state index in [0.717, 1.165) is 21.7 Å². The summed E-state index contributed by atoms with van der Waals surface area (Å²) in [6.45, 7) is 3.27. The van der Waals surface area contributed by atoms with Crippen LogP contribution < -0.4 is 9.62 Å². The molecule has 0 aliphatic rings. The van der Waals surface area contributed by atoms with Gasteiger partial charge in [0.05, 0.1) is 27.0 Å². The molecule has 0 radical (unpaired) electrons. The van der Waals surface area contributed by atoms with E-state index < -0.39 is 28.5 Å². The van der Waals surface area contributed by atoms with E-state index in [0.29, 0.717) is 6.42 Å². The molecule has 1 atom stereocenters. The summed E-state index contributed by atoms with van der Waals surface area (Å²) in [5.74, 6) is -0.921. The van der Waals surface area contributed by atoms with E-state index in [-0.39, 0.29) is 33.2 Å². The minimum absolute atomic E-state index is 0.0187. The lowest BCUT2D eigenvalue weighted by atomic mass is 10.1. The summed E-state index contributed by atoms with van der Waals surface area (Å²) in [4.78, 5) is 27.4. The van der Waals surface area contributed by atoms with Crippen molar-refractivity contribution < 1.29 is 18.0 Å². The van der Waals surface area contributed by atoms with Gasteiger partial charge in [-0.15, -0.1) is 0 Å². The molecule has 0 saturated carbocycles. The first-order valence-electron chi connectivity index (χ1n) is 10.1. The SMILES string of the molecule is CC[C@H](C(=O)NC)N(Cc1ccc(C)cc1)C(=O)CN(c1cc(Cl)c(Cl)cc1Cl)S(C)(=O)=O. The van der Waals surface area contributed by atoms with Crippen molar-refractivity contribution >= 4 is 62.3 Å². The van der Waals surface area contributed by atoms with Gasteiger partial charge in [0.15, 0.2) is 0 Å². The van der Waals surface area contributed by atoms with Crippen LogP contribution in [0.2, 0.25) is 15.1 Å². The summed E-state index contributed by atoms with van der Waals surface area (Å²) < 4.78 is 26.1. The Morgan fingerprint density at radius 1 is 1.03 bits per heavy atom. The number of rotatable bonds is 9. The van der Waals surface area contributed by atoms with Crippen LogP contribution >= 0.6 is 34.8 Å². The molecule has 0 unspecified atom stereocenters. The maximum atomic E-state index is 13.5. The summed E-state index contributed by atoms with van der Waals surface area (Å²) in [5, 5.41) is 2.82. The number of carbonyl (C=O) groups is 2. The third-order valence-electron chi connectivity index (χ3n) is 5.04. The molecule has 0 heterocycles. The number of amides is 2. The van der Waals surface area contributed by atoms with E-state index in [1.165, 1.54) is 24.1 Å². The predicted octanol–water partition coefficient (Wildman–Crippen LogP) is 4.27. The number of aryl methyl sites for hydroxylation is 1. The van der Waals surface area contributed by atoms with E-state index in [1.807, 2.05) is 31.2 Å². The number of likely N-dealkylation sites (N-methyl/N-ethyl adjacent to an activating group) is 1. The number of anilines is 1. The number of nitrogens with one attached hydrogen (secondary N) is 1. The zero-order valence-corrected chi connectivity index (χ0v) is 21.8. The molecule has 2 amide bonds. The zero-order valence-electron chi connectivity index (χ0n) is 18.7. The minimum atomic E-state index is -3.94. The van der Waals surface area contributed by atoms with E-state index in [2.05, 4.69) is 5.32 Å². The average molecular weight is 535 g/mol. The first kappa shape index (κ1) is 27.2. The van der Waals surface area contributed by atoms with Crippen molar-refractivity contribution in [2.75, 3.05) is 24.2 Å². The van der Waals surface area contributed by atoms with Crippen LogP contribution in [0, 0.1) is 6.92 Å². The third-order valence-corrected chi connectivity index (χ3v) is 7.19. The number of hydrogen-bond acceptors (Lipinski definition) is 4. The van der Waals surface area contributed by atoms with Gasteiger partial charge in [-0.2, -0.15) is 0 Å². The van der Waals surface area contributed by atoms with Crippen molar-refractivity contribution in [2.45, 2.75) is 32.9 Å². The molecule has 0 fully saturated rings. The predicted molar refractivity (Wildman–Crippen MR) is 134 cm³/mol. The lowest BCUT2D eigenvalue weighted by Crippen LogP contribution is -2.51. The quantitative estimate of drug-likeness (QED) is 0.487. The number of halogens is 3. The van der Waals surface area contributed by atoms with Gasteiger partial charge in [0.2, 0.25) is 21.8 Å². The maximum absolute atomic E-state index is 13.5. The highest BCUT2D eigenvalue weighted by atomic mass is 35.5. The Labute approximate surface area is 209 Å². The topological polar surface area (TPSA) is 86.8 Å². The van der Waals surface area contributed by atoms with Gasteiger partial charge in [0, 0.05) is 13.6 Å². The molecule has 0 spiro atoms. The van der Waals surface area contributed by atoms with E-state index >= 15 is 0 Å². The molecule has 0 bridgehead atoms. The van der Waals surface area contributed by atoms with Crippen molar-refractivity contribution in [2.24, 2.45) is 0 Å². The second kappa shape index (κ2) is 11.4. The van der Waals surface area contributed by atoms with Crippen molar-refractivity contribution in [3.8, 4) is 0 Å². The highest BCUT2D eigenvalue weighted by Crippen LogP contribution is 2.35. The zero-order chi connectivity index (χ0) is 24.9. The molecule has 180 valence electrons. The lowest BCUT2D eigenvalue weighted by molar-refractivity contribution is -0.140. The number of benzene rings is 2. The summed E-state index contributed by atoms with van der Waals surface area (Å²) in [6.07, 6.45) is 1.29. The van der Waals surface area contributed by atoms with Gasteiger partial charge in [-0.05, 0) is 31.0 Å². The Morgan fingerprint density at radius 2 is 1.61 bits per heavy atom. The van der Waals surface area contributed by atoms with Crippen LogP contribution in [0.15, 0.2) is 36.4 Å². The van der Waals surface area contributed by atoms with Gasteiger partial charge in [0.25, 0.3) is 0 Å². The molecule has 11 heteroatoms. The van der Waals surface area contributed by atoms with Crippen LogP contribution in [0.25, 0.3) is 0 Å². The fourth-order valence-corrected chi connectivity index (χ4v) is 4.82. The second-order valence-electron chi connectivity index (χ2n) is 7.53. The normalized spacial score (nSPS) is 12.2. The van der Waals surface area contributed by atoms with E-state index in [4.69, 9.17) is 34.8 Å². The van der Waals surface area contributed by atoms with Gasteiger partial charge in [0.1, 0.15) is 12.6 Å². The standard InChI is InChI=1S/C22H26Cl3N3O4S/c1-5-19(22(30)26-3)27(12-15-8-6-14(2)7-9-15)21(29)13-28(33(4,31)32)20-11-17(24)16(23)10-18(20)25/h6-11,19H,5,12-13H2,1-4H3,(H,26,30)/t19-/m1/s1. The van der Waals surface area contributed by atoms with Crippen LogP contribution in [-0.2, 0) is 26.2 Å². The summed E-state index contributed by atoms with van der Waals surface area (Å²) in [5.41, 5.74) is 1.87. The van der Waals surface area contributed by atoms with Gasteiger partial charge in [-0.3, -0.25) is 13.9 Å². The van der Waals surface area contributed by atoms with Crippen LogP contribution in [0.4, 0.5) is 5.69 Å². The van der Waals surface area contributed by atoms with Gasteiger partial charge < -0.3 is 10.2 Å². The van der Waals surface area contributed by atoms with Crippen LogP contribution in [0.5, 0.6) is 0 Å².